The van der Waals surface area contributed by atoms with Crippen molar-refractivity contribution in [2.75, 3.05) is 11.9 Å². The maximum atomic E-state index is 13.4. The van der Waals surface area contributed by atoms with Gasteiger partial charge in [0.1, 0.15) is 11.5 Å². The van der Waals surface area contributed by atoms with Crippen LogP contribution in [0.1, 0.15) is 38.5 Å². The minimum Gasteiger partial charge on any atom is -0.371 e. The molecule has 0 heterocycles. The number of halogens is 3. The van der Waals surface area contributed by atoms with Crippen molar-refractivity contribution in [1.82, 2.24) is 5.32 Å². The van der Waals surface area contributed by atoms with Gasteiger partial charge in [-0.15, -0.1) is 0 Å². The quantitative estimate of drug-likeness (QED) is 0.837. The molecule has 0 atom stereocenters. The molecule has 1 amide bonds. The first kappa shape index (κ1) is 15.7. The number of hydrogen-bond donors (Lipinski definition) is 2. The Morgan fingerprint density at radius 3 is 2.19 bits per heavy atom. The van der Waals surface area contributed by atoms with E-state index in [-0.39, 0.29) is 18.5 Å². The number of amides is 1. The fraction of sp³-hybridized carbons (Fsp3) is 0.533. The summed E-state index contributed by atoms with van der Waals surface area (Å²) in [7, 11) is 0. The Labute approximate surface area is 121 Å². The second-order valence-corrected chi connectivity index (χ2v) is 5.35. The van der Waals surface area contributed by atoms with Gasteiger partial charge in [-0.1, -0.05) is 25.7 Å². The number of nitrogens with one attached hydrogen (secondary N) is 2. The average molecular weight is 300 g/mol. The molecule has 0 aromatic heterocycles. The molecule has 21 heavy (non-hydrogen) atoms. The number of rotatable bonds is 4. The van der Waals surface area contributed by atoms with E-state index < -0.39 is 23.1 Å². The summed E-state index contributed by atoms with van der Waals surface area (Å²) in [6.45, 7) is -0.240. The highest BCUT2D eigenvalue weighted by molar-refractivity contribution is 5.81. The van der Waals surface area contributed by atoms with E-state index in [1.165, 1.54) is 12.8 Å². The third-order valence-electron chi connectivity index (χ3n) is 3.65. The van der Waals surface area contributed by atoms with E-state index in [1.54, 1.807) is 0 Å². The van der Waals surface area contributed by atoms with Gasteiger partial charge in [0.2, 0.25) is 5.91 Å². The molecule has 1 aliphatic rings. The monoisotopic (exact) mass is 300 g/mol. The lowest BCUT2D eigenvalue weighted by molar-refractivity contribution is -0.120. The first-order valence-electron chi connectivity index (χ1n) is 7.24. The van der Waals surface area contributed by atoms with Crippen LogP contribution in [0.5, 0.6) is 0 Å². The molecule has 116 valence electrons. The van der Waals surface area contributed by atoms with Crippen LogP contribution in [0, 0.1) is 17.5 Å². The predicted molar refractivity (Wildman–Crippen MR) is 74.4 cm³/mol. The number of carbonyl (C=O) groups is 1. The molecule has 0 bridgehead atoms. The summed E-state index contributed by atoms with van der Waals surface area (Å²) in [6, 6.07) is 1.29. The average Bonchev–Trinajstić information content (AvgIpc) is 2.66. The zero-order chi connectivity index (χ0) is 15.2. The van der Waals surface area contributed by atoms with Crippen molar-refractivity contribution in [2.45, 2.75) is 44.6 Å². The molecular weight excluding hydrogens is 281 g/mol. The summed E-state index contributed by atoms with van der Waals surface area (Å²) in [6.07, 6.45) is 6.39. The smallest absolute Gasteiger partial charge is 0.239 e. The minimum absolute atomic E-state index is 0.129. The topological polar surface area (TPSA) is 41.1 Å². The number of carbonyl (C=O) groups excluding carboxylic acids is 1. The van der Waals surface area contributed by atoms with Crippen molar-refractivity contribution in [3.63, 3.8) is 0 Å². The van der Waals surface area contributed by atoms with E-state index in [2.05, 4.69) is 10.6 Å². The maximum absolute atomic E-state index is 13.4. The van der Waals surface area contributed by atoms with E-state index in [4.69, 9.17) is 0 Å². The standard InChI is InChI=1S/C15H19F3N2O/c16-10-7-12(17)15(13(18)8-10)19-9-14(21)20-11-5-3-1-2-4-6-11/h7-8,11,19H,1-6,9H2,(H,20,21). The van der Waals surface area contributed by atoms with Gasteiger partial charge in [-0.2, -0.15) is 0 Å². The Bertz CT molecular complexity index is 477. The van der Waals surface area contributed by atoms with E-state index in [0.29, 0.717) is 12.1 Å². The molecular formula is C15H19F3N2O. The van der Waals surface area contributed by atoms with Gasteiger partial charge in [0.25, 0.3) is 0 Å². The Balaban J connectivity index is 1.86. The van der Waals surface area contributed by atoms with Crippen LogP contribution < -0.4 is 10.6 Å². The molecule has 0 unspecified atom stereocenters. The largest absolute Gasteiger partial charge is 0.371 e. The molecule has 6 heteroatoms. The fourth-order valence-electron chi connectivity index (χ4n) is 2.58. The van der Waals surface area contributed by atoms with E-state index in [0.717, 1.165) is 25.7 Å². The number of anilines is 1. The summed E-state index contributed by atoms with van der Waals surface area (Å²) in [5, 5.41) is 5.24. The van der Waals surface area contributed by atoms with Crippen molar-refractivity contribution in [3.05, 3.63) is 29.6 Å². The van der Waals surface area contributed by atoms with Crippen LogP contribution in [0.4, 0.5) is 18.9 Å². The second kappa shape index (κ2) is 7.33. The summed E-state index contributed by atoms with van der Waals surface area (Å²) in [4.78, 5) is 11.8. The van der Waals surface area contributed by atoms with Gasteiger partial charge < -0.3 is 10.6 Å². The molecule has 0 radical (unpaired) electrons. The van der Waals surface area contributed by atoms with Gasteiger partial charge in [-0.25, -0.2) is 13.2 Å². The van der Waals surface area contributed by atoms with E-state index in [9.17, 15) is 18.0 Å². The summed E-state index contributed by atoms with van der Waals surface area (Å²) < 4.78 is 39.6. The number of hydrogen-bond acceptors (Lipinski definition) is 2. The van der Waals surface area contributed by atoms with Crippen LogP contribution >= 0.6 is 0 Å². The lowest BCUT2D eigenvalue weighted by atomic mass is 10.1. The van der Waals surface area contributed by atoms with Crippen LogP contribution in [0.15, 0.2) is 12.1 Å². The SMILES string of the molecule is O=C(CNc1c(F)cc(F)cc1F)NC1CCCCCC1. The summed E-state index contributed by atoms with van der Waals surface area (Å²) >= 11 is 0. The zero-order valence-corrected chi connectivity index (χ0v) is 11.7. The first-order chi connectivity index (χ1) is 10.1. The summed E-state index contributed by atoms with van der Waals surface area (Å²) in [5.74, 6) is -3.40. The number of benzene rings is 1. The van der Waals surface area contributed by atoms with Gasteiger partial charge >= 0.3 is 0 Å². The van der Waals surface area contributed by atoms with Gasteiger partial charge in [0.15, 0.2) is 11.6 Å². The minimum atomic E-state index is -1.05. The fourth-order valence-corrected chi connectivity index (χ4v) is 2.58. The van der Waals surface area contributed by atoms with Crippen molar-refractivity contribution < 1.29 is 18.0 Å². The van der Waals surface area contributed by atoms with Crippen LogP contribution in [-0.2, 0) is 4.79 Å². The molecule has 0 saturated heterocycles. The van der Waals surface area contributed by atoms with Crippen LogP contribution in [0.2, 0.25) is 0 Å². The Morgan fingerprint density at radius 2 is 1.62 bits per heavy atom. The zero-order valence-electron chi connectivity index (χ0n) is 11.7. The lowest BCUT2D eigenvalue weighted by Gasteiger charge is -2.17. The van der Waals surface area contributed by atoms with E-state index >= 15 is 0 Å². The Hall–Kier alpha value is -1.72. The van der Waals surface area contributed by atoms with Gasteiger partial charge in [0.05, 0.1) is 6.54 Å². The van der Waals surface area contributed by atoms with Gasteiger partial charge in [-0.3, -0.25) is 4.79 Å². The van der Waals surface area contributed by atoms with Crippen LogP contribution in [-0.4, -0.2) is 18.5 Å². The molecule has 2 rings (SSSR count). The van der Waals surface area contributed by atoms with Crippen molar-refractivity contribution >= 4 is 11.6 Å². The normalized spacial score (nSPS) is 16.3. The maximum Gasteiger partial charge on any atom is 0.239 e. The molecule has 3 nitrogen and oxygen atoms in total. The highest BCUT2D eigenvalue weighted by Crippen LogP contribution is 2.20. The molecule has 1 aromatic carbocycles. The van der Waals surface area contributed by atoms with Crippen LogP contribution in [0.25, 0.3) is 0 Å². The van der Waals surface area contributed by atoms with Crippen molar-refractivity contribution in [2.24, 2.45) is 0 Å². The predicted octanol–water partition coefficient (Wildman–Crippen LogP) is 3.35. The molecule has 0 aliphatic heterocycles. The molecule has 0 spiro atoms. The molecule has 1 fully saturated rings. The van der Waals surface area contributed by atoms with E-state index in [1.807, 2.05) is 0 Å². The van der Waals surface area contributed by atoms with Gasteiger partial charge in [-0.05, 0) is 12.8 Å². The third-order valence-corrected chi connectivity index (χ3v) is 3.65. The lowest BCUT2D eigenvalue weighted by Crippen LogP contribution is -2.38. The Morgan fingerprint density at radius 1 is 1.05 bits per heavy atom. The first-order valence-corrected chi connectivity index (χ1v) is 7.24. The molecule has 2 N–H and O–H groups in total. The highest BCUT2D eigenvalue weighted by Gasteiger charge is 2.16. The van der Waals surface area contributed by atoms with Crippen molar-refractivity contribution in [1.29, 1.82) is 0 Å². The van der Waals surface area contributed by atoms with Crippen LogP contribution in [0.3, 0.4) is 0 Å². The molecule has 1 saturated carbocycles. The molecule has 1 aliphatic carbocycles. The Kier molecular flexibility index (Phi) is 5.47. The van der Waals surface area contributed by atoms with Crippen molar-refractivity contribution in [3.8, 4) is 0 Å². The summed E-state index contributed by atoms with van der Waals surface area (Å²) in [5.41, 5.74) is -0.479. The highest BCUT2D eigenvalue weighted by atomic mass is 19.1. The third kappa shape index (κ3) is 4.65. The van der Waals surface area contributed by atoms with Gasteiger partial charge in [0, 0.05) is 18.2 Å². The molecule has 1 aromatic rings. The second-order valence-electron chi connectivity index (χ2n) is 5.35.